The van der Waals surface area contributed by atoms with Gasteiger partial charge in [0.1, 0.15) is 0 Å². The van der Waals surface area contributed by atoms with Crippen molar-refractivity contribution in [3.63, 3.8) is 0 Å². The summed E-state index contributed by atoms with van der Waals surface area (Å²) < 4.78 is 0. The summed E-state index contributed by atoms with van der Waals surface area (Å²) in [4.78, 5) is 4.50. The second kappa shape index (κ2) is 11.0. The van der Waals surface area contributed by atoms with Crippen molar-refractivity contribution in [2.75, 3.05) is 19.7 Å². The molecule has 5 heteroatoms. The van der Waals surface area contributed by atoms with Gasteiger partial charge in [0.05, 0.1) is 6.54 Å². The Morgan fingerprint density at radius 1 is 1.26 bits per heavy atom. The lowest BCUT2D eigenvalue weighted by Gasteiger charge is -2.14. The Hall–Kier alpha value is -0.820. The summed E-state index contributed by atoms with van der Waals surface area (Å²) in [5.41, 5.74) is 1.19. The van der Waals surface area contributed by atoms with Crippen molar-refractivity contribution in [3.05, 3.63) is 35.9 Å². The first-order chi connectivity index (χ1) is 8.76. The van der Waals surface area contributed by atoms with Gasteiger partial charge in [-0.05, 0) is 18.4 Å². The molecule has 0 radical (unpaired) electrons. The number of halogens is 1. The molecule has 0 fully saturated rings. The largest absolute Gasteiger partial charge is 0.396 e. The minimum Gasteiger partial charge on any atom is -0.396 e. The highest BCUT2D eigenvalue weighted by Gasteiger charge is 2.01. The minimum absolute atomic E-state index is 0. The molecule has 0 amide bonds. The Labute approximate surface area is 132 Å². The highest BCUT2D eigenvalue weighted by molar-refractivity contribution is 14.0. The molecular formula is C14H24IN3O. The molecule has 1 atom stereocenters. The van der Waals surface area contributed by atoms with Crippen LogP contribution >= 0.6 is 24.0 Å². The predicted octanol–water partition coefficient (Wildman–Crippen LogP) is 1.99. The van der Waals surface area contributed by atoms with E-state index in [1.165, 1.54) is 5.56 Å². The zero-order valence-electron chi connectivity index (χ0n) is 11.6. The zero-order valence-corrected chi connectivity index (χ0v) is 13.9. The molecule has 1 aromatic carbocycles. The van der Waals surface area contributed by atoms with Gasteiger partial charge < -0.3 is 15.7 Å². The summed E-state index contributed by atoms with van der Waals surface area (Å²) in [5, 5.41) is 15.4. The van der Waals surface area contributed by atoms with Gasteiger partial charge in [-0.3, -0.25) is 0 Å². The first-order valence-electron chi connectivity index (χ1n) is 6.43. The van der Waals surface area contributed by atoms with Crippen LogP contribution in [0.3, 0.4) is 0 Å². The van der Waals surface area contributed by atoms with Crippen LogP contribution in [-0.2, 0) is 6.54 Å². The molecule has 0 saturated heterocycles. The standard InChI is InChI=1S/C14H23N3O.HI/c1-3-15-14(16-9-12(2)11-18)17-10-13-7-5-4-6-8-13;/h4-8,12,18H,3,9-11H2,1-2H3,(H2,15,16,17);1H. The van der Waals surface area contributed by atoms with Crippen LogP contribution in [0, 0.1) is 5.92 Å². The average molecular weight is 377 g/mol. The zero-order chi connectivity index (χ0) is 13.2. The van der Waals surface area contributed by atoms with E-state index in [9.17, 15) is 0 Å². The SMILES string of the molecule is CCNC(=NCc1ccccc1)NCC(C)CO.I. The maximum Gasteiger partial charge on any atom is 0.191 e. The van der Waals surface area contributed by atoms with E-state index in [1.54, 1.807) is 0 Å². The van der Waals surface area contributed by atoms with Crippen LogP contribution in [0.1, 0.15) is 19.4 Å². The molecular weight excluding hydrogens is 353 g/mol. The van der Waals surface area contributed by atoms with Crippen LogP contribution in [-0.4, -0.2) is 30.8 Å². The van der Waals surface area contributed by atoms with Crippen LogP contribution in [0.15, 0.2) is 35.3 Å². The maximum atomic E-state index is 8.99. The molecule has 4 nitrogen and oxygen atoms in total. The molecule has 1 unspecified atom stereocenters. The quantitative estimate of drug-likeness (QED) is 0.404. The Balaban J connectivity index is 0.00000324. The number of guanidine groups is 1. The average Bonchev–Trinajstić information content (AvgIpc) is 2.42. The number of hydrogen-bond donors (Lipinski definition) is 3. The van der Waals surface area contributed by atoms with E-state index in [-0.39, 0.29) is 36.5 Å². The highest BCUT2D eigenvalue weighted by Crippen LogP contribution is 1.99. The minimum atomic E-state index is 0. The molecule has 108 valence electrons. The van der Waals surface area contributed by atoms with Crippen molar-refractivity contribution < 1.29 is 5.11 Å². The lowest BCUT2D eigenvalue weighted by Crippen LogP contribution is -2.39. The van der Waals surface area contributed by atoms with Gasteiger partial charge in [0.2, 0.25) is 0 Å². The number of hydrogen-bond acceptors (Lipinski definition) is 2. The van der Waals surface area contributed by atoms with E-state index in [2.05, 4.69) is 27.8 Å². The summed E-state index contributed by atoms with van der Waals surface area (Å²) in [6.45, 7) is 6.42. The number of rotatable bonds is 6. The van der Waals surface area contributed by atoms with Gasteiger partial charge in [-0.2, -0.15) is 0 Å². The second-order valence-corrected chi connectivity index (χ2v) is 4.35. The Morgan fingerprint density at radius 2 is 1.95 bits per heavy atom. The van der Waals surface area contributed by atoms with Gasteiger partial charge in [-0.25, -0.2) is 4.99 Å². The first-order valence-corrected chi connectivity index (χ1v) is 6.43. The van der Waals surface area contributed by atoms with Crippen LogP contribution in [0.2, 0.25) is 0 Å². The molecule has 1 rings (SSSR count). The van der Waals surface area contributed by atoms with Gasteiger partial charge >= 0.3 is 0 Å². The third-order valence-electron chi connectivity index (χ3n) is 2.54. The smallest absolute Gasteiger partial charge is 0.191 e. The molecule has 0 aromatic heterocycles. The van der Waals surface area contributed by atoms with Crippen LogP contribution in [0.25, 0.3) is 0 Å². The van der Waals surface area contributed by atoms with Gasteiger partial charge in [0, 0.05) is 19.7 Å². The summed E-state index contributed by atoms with van der Waals surface area (Å²) in [6, 6.07) is 10.1. The summed E-state index contributed by atoms with van der Waals surface area (Å²) in [6.07, 6.45) is 0. The van der Waals surface area contributed by atoms with Gasteiger partial charge in [0.15, 0.2) is 5.96 Å². The lowest BCUT2D eigenvalue weighted by molar-refractivity contribution is 0.238. The molecule has 0 saturated carbocycles. The van der Waals surface area contributed by atoms with E-state index in [4.69, 9.17) is 5.11 Å². The van der Waals surface area contributed by atoms with Crippen molar-refractivity contribution in [1.29, 1.82) is 0 Å². The molecule has 0 bridgehead atoms. The number of aliphatic imine (C=N–C) groups is 1. The molecule has 1 aromatic rings. The summed E-state index contributed by atoms with van der Waals surface area (Å²) >= 11 is 0. The van der Waals surface area contributed by atoms with Crippen LogP contribution < -0.4 is 10.6 Å². The molecule has 0 spiro atoms. The fraction of sp³-hybridized carbons (Fsp3) is 0.500. The first kappa shape index (κ1) is 18.2. The Kier molecular flexibility index (Phi) is 10.6. The lowest BCUT2D eigenvalue weighted by atomic mass is 10.2. The normalized spacial score (nSPS) is 12.5. The monoisotopic (exact) mass is 377 g/mol. The van der Waals surface area contributed by atoms with Crippen LogP contribution in [0.5, 0.6) is 0 Å². The fourth-order valence-electron chi connectivity index (χ4n) is 1.43. The number of nitrogens with one attached hydrogen (secondary N) is 2. The predicted molar refractivity (Wildman–Crippen MR) is 90.9 cm³/mol. The van der Waals surface area contributed by atoms with Crippen molar-refractivity contribution in [2.45, 2.75) is 20.4 Å². The number of aliphatic hydroxyl groups is 1. The van der Waals surface area contributed by atoms with E-state index in [1.807, 2.05) is 32.0 Å². The highest BCUT2D eigenvalue weighted by atomic mass is 127. The van der Waals surface area contributed by atoms with E-state index >= 15 is 0 Å². The number of benzene rings is 1. The van der Waals surface area contributed by atoms with Gasteiger partial charge in [-0.1, -0.05) is 37.3 Å². The fourth-order valence-corrected chi connectivity index (χ4v) is 1.43. The van der Waals surface area contributed by atoms with Crippen molar-refractivity contribution in [3.8, 4) is 0 Å². The third-order valence-corrected chi connectivity index (χ3v) is 2.54. The van der Waals surface area contributed by atoms with Crippen molar-refractivity contribution in [2.24, 2.45) is 10.9 Å². The van der Waals surface area contributed by atoms with Crippen LogP contribution in [0.4, 0.5) is 0 Å². The Morgan fingerprint density at radius 3 is 2.53 bits per heavy atom. The van der Waals surface area contributed by atoms with Gasteiger partial charge in [-0.15, -0.1) is 24.0 Å². The van der Waals surface area contributed by atoms with Crippen molar-refractivity contribution in [1.82, 2.24) is 10.6 Å². The molecule has 0 heterocycles. The van der Waals surface area contributed by atoms with E-state index in [0.717, 1.165) is 19.0 Å². The topological polar surface area (TPSA) is 56.7 Å². The maximum absolute atomic E-state index is 8.99. The van der Waals surface area contributed by atoms with Gasteiger partial charge in [0.25, 0.3) is 0 Å². The molecule has 3 N–H and O–H groups in total. The third kappa shape index (κ3) is 8.05. The summed E-state index contributed by atoms with van der Waals surface area (Å²) in [5.74, 6) is 1.02. The second-order valence-electron chi connectivity index (χ2n) is 4.35. The van der Waals surface area contributed by atoms with E-state index < -0.39 is 0 Å². The summed E-state index contributed by atoms with van der Waals surface area (Å²) in [7, 11) is 0. The number of nitrogens with zero attached hydrogens (tertiary/aromatic N) is 1. The van der Waals surface area contributed by atoms with E-state index in [0.29, 0.717) is 6.54 Å². The molecule has 0 aliphatic heterocycles. The molecule has 19 heavy (non-hydrogen) atoms. The number of aliphatic hydroxyl groups excluding tert-OH is 1. The molecule has 0 aliphatic carbocycles. The van der Waals surface area contributed by atoms with Crippen molar-refractivity contribution >= 4 is 29.9 Å². The Bertz CT molecular complexity index is 357. The molecule has 0 aliphatic rings.